The summed E-state index contributed by atoms with van der Waals surface area (Å²) < 4.78 is 5.96. The number of rotatable bonds is 5. The van der Waals surface area contributed by atoms with Gasteiger partial charge in [0.2, 0.25) is 0 Å². The molecule has 0 unspecified atom stereocenters. The second-order valence-corrected chi connectivity index (χ2v) is 6.41. The van der Waals surface area contributed by atoms with Gasteiger partial charge in [-0.05, 0) is 24.0 Å². The minimum atomic E-state index is 0.133. The molecule has 0 fully saturated rings. The molecular formula is C16H28NO+. The van der Waals surface area contributed by atoms with Gasteiger partial charge >= 0.3 is 0 Å². The number of benzene rings is 1. The van der Waals surface area contributed by atoms with Crippen molar-refractivity contribution in [1.82, 2.24) is 0 Å². The van der Waals surface area contributed by atoms with Crippen LogP contribution in [0.2, 0.25) is 0 Å². The van der Waals surface area contributed by atoms with E-state index in [1.54, 1.807) is 0 Å². The molecule has 102 valence electrons. The van der Waals surface area contributed by atoms with Crippen LogP contribution >= 0.6 is 0 Å². The maximum absolute atomic E-state index is 5.96. The molecule has 1 aromatic carbocycles. The molecule has 1 N–H and O–H groups in total. The highest BCUT2D eigenvalue weighted by Crippen LogP contribution is 2.32. The number of nitrogens with one attached hydrogen (secondary N) is 1. The molecule has 0 bridgehead atoms. The summed E-state index contributed by atoms with van der Waals surface area (Å²) >= 11 is 0. The summed E-state index contributed by atoms with van der Waals surface area (Å²) in [5.41, 5.74) is 2.73. The molecule has 0 atom stereocenters. The largest absolute Gasteiger partial charge is 0.493 e. The minimum absolute atomic E-state index is 0.133. The van der Waals surface area contributed by atoms with Crippen LogP contribution in [0.1, 0.15) is 38.3 Å². The van der Waals surface area contributed by atoms with Crippen molar-refractivity contribution in [2.75, 3.05) is 27.2 Å². The summed E-state index contributed by atoms with van der Waals surface area (Å²) in [6.45, 7) is 10.8. The Bertz CT molecular complexity index is 377. The molecule has 0 saturated carbocycles. The van der Waals surface area contributed by atoms with Gasteiger partial charge in [-0.25, -0.2) is 0 Å². The van der Waals surface area contributed by atoms with Crippen molar-refractivity contribution in [2.24, 2.45) is 0 Å². The third-order valence-electron chi connectivity index (χ3n) is 3.02. The van der Waals surface area contributed by atoms with Gasteiger partial charge < -0.3 is 9.64 Å². The number of aryl methyl sites for hydroxylation is 1. The zero-order valence-corrected chi connectivity index (χ0v) is 12.8. The fraction of sp³-hybridized carbons (Fsp3) is 0.625. The highest BCUT2D eigenvalue weighted by Gasteiger charge is 2.19. The standard InChI is InChI=1S/C16H27NO/c1-13-8-9-15(14(12-13)16(2,3)4)18-11-7-10-17(5)6/h8-9,12H,7,10-11H2,1-6H3/p+1. The van der Waals surface area contributed by atoms with Gasteiger partial charge in [0, 0.05) is 6.42 Å². The lowest BCUT2D eigenvalue weighted by atomic mass is 9.85. The molecule has 0 aliphatic carbocycles. The van der Waals surface area contributed by atoms with Crippen LogP contribution in [0, 0.1) is 6.92 Å². The average Bonchev–Trinajstić information content (AvgIpc) is 2.24. The molecule has 1 rings (SSSR count). The molecule has 0 aliphatic heterocycles. The minimum Gasteiger partial charge on any atom is -0.493 e. The van der Waals surface area contributed by atoms with Gasteiger partial charge in [-0.15, -0.1) is 0 Å². The Labute approximate surface area is 112 Å². The van der Waals surface area contributed by atoms with Gasteiger partial charge in [-0.2, -0.15) is 0 Å². The van der Waals surface area contributed by atoms with E-state index in [4.69, 9.17) is 4.74 Å². The van der Waals surface area contributed by atoms with Gasteiger partial charge in [0.05, 0.1) is 27.2 Å². The maximum Gasteiger partial charge on any atom is 0.123 e. The van der Waals surface area contributed by atoms with Crippen LogP contribution in [0.25, 0.3) is 0 Å². The average molecular weight is 250 g/mol. The molecule has 0 heterocycles. The first kappa shape index (κ1) is 15.0. The fourth-order valence-electron chi connectivity index (χ4n) is 1.96. The molecule has 0 saturated heterocycles. The van der Waals surface area contributed by atoms with E-state index in [2.05, 4.69) is 60.0 Å². The Morgan fingerprint density at radius 3 is 2.39 bits per heavy atom. The molecule has 1 aromatic rings. The zero-order chi connectivity index (χ0) is 13.8. The quantitative estimate of drug-likeness (QED) is 0.791. The van der Waals surface area contributed by atoms with E-state index in [9.17, 15) is 0 Å². The molecular weight excluding hydrogens is 222 g/mol. The van der Waals surface area contributed by atoms with Crippen molar-refractivity contribution in [2.45, 2.75) is 39.5 Å². The third kappa shape index (κ3) is 4.69. The van der Waals surface area contributed by atoms with Crippen LogP contribution in [0.4, 0.5) is 0 Å². The molecule has 0 amide bonds. The Hall–Kier alpha value is -1.02. The normalized spacial score (nSPS) is 11.9. The predicted octanol–water partition coefficient (Wildman–Crippen LogP) is 2.21. The van der Waals surface area contributed by atoms with E-state index in [1.165, 1.54) is 16.0 Å². The highest BCUT2D eigenvalue weighted by atomic mass is 16.5. The smallest absolute Gasteiger partial charge is 0.123 e. The van der Waals surface area contributed by atoms with Crippen LogP contribution in [-0.2, 0) is 5.41 Å². The predicted molar refractivity (Wildman–Crippen MR) is 77.7 cm³/mol. The van der Waals surface area contributed by atoms with E-state index in [0.29, 0.717) is 0 Å². The second kappa shape index (κ2) is 6.24. The molecule has 0 aromatic heterocycles. The van der Waals surface area contributed by atoms with E-state index in [1.807, 2.05) is 0 Å². The van der Waals surface area contributed by atoms with Crippen LogP contribution in [0.5, 0.6) is 5.75 Å². The van der Waals surface area contributed by atoms with Crippen molar-refractivity contribution in [3.63, 3.8) is 0 Å². The third-order valence-corrected chi connectivity index (χ3v) is 3.02. The maximum atomic E-state index is 5.96. The first-order valence-corrected chi connectivity index (χ1v) is 6.83. The molecule has 18 heavy (non-hydrogen) atoms. The lowest BCUT2D eigenvalue weighted by Crippen LogP contribution is -3.05. The lowest BCUT2D eigenvalue weighted by Gasteiger charge is -2.23. The van der Waals surface area contributed by atoms with E-state index >= 15 is 0 Å². The molecule has 0 spiro atoms. The molecule has 0 aliphatic rings. The van der Waals surface area contributed by atoms with Gasteiger partial charge in [0.25, 0.3) is 0 Å². The highest BCUT2D eigenvalue weighted by molar-refractivity contribution is 5.41. The Morgan fingerprint density at radius 1 is 1.17 bits per heavy atom. The van der Waals surface area contributed by atoms with Crippen LogP contribution in [0.15, 0.2) is 18.2 Å². The summed E-state index contributed by atoms with van der Waals surface area (Å²) in [4.78, 5) is 1.47. The van der Waals surface area contributed by atoms with E-state index in [-0.39, 0.29) is 5.41 Å². The van der Waals surface area contributed by atoms with Crippen LogP contribution in [-0.4, -0.2) is 27.2 Å². The van der Waals surface area contributed by atoms with Gasteiger partial charge in [0.1, 0.15) is 5.75 Å². The Kier molecular flexibility index (Phi) is 5.21. The van der Waals surface area contributed by atoms with Crippen LogP contribution < -0.4 is 9.64 Å². The number of hydrogen-bond acceptors (Lipinski definition) is 1. The molecule has 0 radical (unpaired) electrons. The van der Waals surface area contributed by atoms with Crippen molar-refractivity contribution in [3.05, 3.63) is 29.3 Å². The summed E-state index contributed by atoms with van der Waals surface area (Å²) in [5.74, 6) is 1.04. The van der Waals surface area contributed by atoms with E-state index < -0.39 is 0 Å². The van der Waals surface area contributed by atoms with Crippen molar-refractivity contribution < 1.29 is 9.64 Å². The van der Waals surface area contributed by atoms with Crippen molar-refractivity contribution in [1.29, 1.82) is 0 Å². The lowest BCUT2D eigenvalue weighted by molar-refractivity contribution is -0.858. The van der Waals surface area contributed by atoms with Gasteiger partial charge in [0.15, 0.2) is 0 Å². The Balaban J connectivity index is 2.70. The zero-order valence-electron chi connectivity index (χ0n) is 12.8. The van der Waals surface area contributed by atoms with Crippen molar-refractivity contribution >= 4 is 0 Å². The summed E-state index contributed by atoms with van der Waals surface area (Å²) in [7, 11) is 4.35. The first-order chi connectivity index (χ1) is 8.30. The first-order valence-electron chi connectivity index (χ1n) is 6.83. The number of hydrogen-bond donors (Lipinski definition) is 1. The van der Waals surface area contributed by atoms with Gasteiger partial charge in [-0.1, -0.05) is 38.5 Å². The number of ether oxygens (including phenoxy) is 1. The molecule has 2 heteroatoms. The van der Waals surface area contributed by atoms with Crippen LogP contribution in [0.3, 0.4) is 0 Å². The van der Waals surface area contributed by atoms with E-state index in [0.717, 1.165) is 25.3 Å². The van der Waals surface area contributed by atoms with Crippen molar-refractivity contribution in [3.8, 4) is 5.75 Å². The summed E-state index contributed by atoms with van der Waals surface area (Å²) in [6, 6.07) is 6.48. The van der Waals surface area contributed by atoms with Gasteiger partial charge in [-0.3, -0.25) is 0 Å². The SMILES string of the molecule is Cc1ccc(OCCC[NH+](C)C)c(C(C)(C)C)c1. The number of quaternary nitrogens is 1. The second-order valence-electron chi connectivity index (χ2n) is 6.41. The topological polar surface area (TPSA) is 13.7 Å². The fourth-order valence-corrected chi connectivity index (χ4v) is 1.96. The summed E-state index contributed by atoms with van der Waals surface area (Å²) in [5, 5.41) is 0. The Morgan fingerprint density at radius 2 is 1.83 bits per heavy atom. The molecule has 2 nitrogen and oxygen atoms in total. The monoisotopic (exact) mass is 250 g/mol. The summed E-state index contributed by atoms with van der Waals surface area (Å²) in [6.07, 6.45) is 1.10.